The van der Waals surface area contributed by atoms with E-state index in [1.54, 1.807) is 0 Å². The summed E-state index contributed by atoms with van der Waals surface area (Å²) in [7, 11) is 2.09. The van der Waals surface area contributed by atoms with E-state index in [2.05, 4.69) is 50.2 Å². The van der Waals surface area contributed by atoms with E-state index in [4.69, 9.17) is 0 Å². The zero-order chi connectivity index (χ0) is 13.2. The van der Waals surface area contributed by atoms with Crippen LogP contribution in [0.15, 0.2) is 12.1 Å². The van der Waals surface area contributed by atoms with Crippen molar-refractivity contribution >= 4 is 11.3 Å². The second kappa shape index (κ2) is 5.72. The van der Waals surface area contributed by atoms with Gasteiger partial charge in [-0.3, -0.25) is 4.90 Å². The molecule has 1 aromatic rings. The summed E-state index contributed by atoms with van der Waals surface area (Å²) in [6.07, 6.45) is 4.10. The minimum absolute atomic E-state index is 0.187. The van der Waals surface area contributed by atoms with Crippen molar-refractivity contribution in [2.45, 2.75) is 51.6 Å². The molecule has 0 saturated carbocycles. The van der Waals surface area contributed by atoms with Crippen LogP contribution in [0.25, 0.3) is 0 Å². The van der Waals surface area contributed by atoms with Crippen molar-refractivity contribution in [3.8, 4) is 0 Å². The highest BCUT2D eigenvalue weighted by Crippen LogP contribution is 2.35. The summed E-state index contributed by atoms with van der Waals surface area (Å²) < 4.78 is 0. The van der Waals surface area contributed by atoms with Crippen molar-refractivity contribution < 1.29 is 0 Å². The maximum absolute atomic E-state index is 3.54. The van der Waals surface area contributed by atoms with E-state index >= 15 is 0 Å². The fourth-order valence-electron chi connectivity index (χ4n) is 3.10. The topological polar surface area (TPSA) is 15.3 Å². The standard InChI is InChI=1S/C15H26N2S/c1-12-8-9-13(18-12)14(16-4)15(2,3)17-10-6-5-7-11-17/h8-9,14,16H,5-7,10-11H2,1-4H3. The Morgan fingerprint density at radius 1 is 1.22 bits per heavy atom. The number of aryl methyl sites for hydroxylation is 1. The van der Waals surface area contributed by atoms with Crippen molar-refractivity contribution in [1.82, 2.24) is 10.2 Å². The van der Waals surface area contributed by atoms with Gasteiger partial charge in [0.25, 0.3) is 0 Å². The van der Waals surface area contributed by atoms with Crippen LogP contribution in [0.4, 0.5) is 0 Å². The number of nitrogens with zero attached hydrogens (tertiary/aromatic N) is 1. The van der Waals surface area contributed by atoms with Crippen molar-refractivity contribution in [1.29, 1.82) is 0 Å². The van der Waals surface area contributed by atoms with E-state index in [1.807, 2.05) is 11.3 Å². The molecule has 0 spiro atoms. The number of piperidine rings is 1. The molecule has 1 N–H and O–H groups in total. The normalized spacial score (nSPS) is 20.0. The van der Waals surface area contributed by atoms with Gasteiger partial charge in [-0.2, -0.15) is 0 Å². The molecule has 2 nitrogen and oxygen atoms in total. The highest BCUT2D eigenvalue weighted by Gasteiger charge is 2.36. The number of thiophene rings is 1. The van der Waals surface area contributed by atoms with Crippen LogP contribution in [0.5, 0.6) is 0 Å². The predicted molar refractivity (Wildman–Crippen MR) is 80.4 cm³/mol. The lowest BCUT2D eigenvalue weighted by atomic mass is 9.89. The molecule has 102 valence electrons. The molecule has 18 heavy (non-hydrogen) atoms. The molecule has 0 aliphatic carbocycles. The molecule has 1 saturated heterocycles. The van der Waals surface area contributed by atoms with Crippen LogP contribution in [0.2, 0.25) is 0 Å². The van der Waals surface area contributed by atoms with Gasteiger partial charge >= 0.3 is 0 Å². The third-order valence-electron chi connectivity index (χ3n) is 4.21. The Labute approximate surface area is 115 Å². The lowest BCUT2D eigenvalue weighted by Gasteiger charge is -2.45. The number of nitrogens with one attached hydrogen (secondary N) is 1. The first kappa shape index (κ1) is 14.0. The smallest absolute Gasteiger partial charge is 0.0594 e. The van der Waals surface area contributed by atoms with Crippen LogP contribution >= 0.6 is 11.3 Å². The Kier molecular flexibility index (Phi) is 4.46. The number of likely N-dealkylation sites (N-methyl/N-ethyl adjacent to an activating group) is 1. The largest absolute Gasteiger partial charge is 0.311 e. The molecule has 1 unspecified atom stereocenters. The quantitative estimate of drug-likeness (QED) is 0.896. The molecule has 0 radical (unpaired) electrons. The zero-order valence-corrected chi connectivity index (χ0v) is 12.9. The summed E-state index contributed by atoms with van der Waals surface area (Å²) in [6, 6.07) is 4.94. The van der Waals surface area contributed by atoms with Crippen LogP contribution < -0.4 is 5.32 Å². The van der Waals surface area contributed by atoms with Crippen LogP contribution in [0.1, 0.15) is 48.9 Å². The fourth-order valence-corrected chi connectivity index (χ4v) is 4.27. The molecule has 0 amide bonds. The molecule has 1 fully saturated rings. The molecule has 2 rings (SSSR count). The van der Waals surface area contributed by atoms with E-state index in [0.717, 1.165) is 0 Å². The van der Waals surface area contributed by atoms with Crippen LogP contribution in [0, 0.1) is 6.92 Å². The number of hydrogen-bond donors (Lipinski definition) is 1. The minimum Gasteiger partial charge on any atom is -0.311 e. The second-order valence-electron chi connectivity index (χ2n) is 5.87. The summed E-state index contributed by atoms with van der Waals surface area (Å²) in [5.41, 5.74) is 0.187. The molecule has 1 atom stereocenters. The highest BCUT2D eigenvalue weighted by atomic mass is 32.1. The molecule has 1 aliphatic rings. The Bertz CT molecular complexity index is 378. The van der Waals surface area contributed by atoms with Gasteiger partial charge in [0.15, 0.2) is 0 Å². The van der Waals surface area contributed by atoms with Crippen molar-refractivity contribution in [3.05, 3.63) is 21.9 Å². The van der Waals surface area contributed by atoms with Crippen LogP contribution in [-0.4, -0.2) is 30.6 Å². The molecule has 2 heterocycles. The molecule has 3 heteroatoms. The molecule has 0 aromatic carbocycles. The summed E-state index contributed by atoms with van der Waals surface area (Å²) in [6.45, 7) is 9.45. The minimum atomic E-state index is 0.187. The Morgan fingerprint density at radius 3 is 2.39 bits per heavy atom. The molecule has 1 aliphatic heterocycles. The average Bonchev–Trinajstić information content (AvgIpc) is 2.77. The molecular weight excluding hydrogens is 240 g/mol. The monoisotopic (exact) mass is 266 g/mol. The SMILES string of the molecule is CNC(c1ccc(C)s1)C(C)(C)N1CCCCC1. The predicted octanol–water partition coefficient (Wildman–Crippen LogP) is 3.58. The van der Waals surface area contributed by atoms with Gasteiger partial charge in [0.2, 0.25) is 0 Å². The van der Waals surface area contributed by atoms with Crippen molar-refractivity contribution in [2.75, 3.05) is 20.1 Å². The van der Waals surface area contributed by atoms with Gasteiger partial charge in [-0.25, -0.2) is 0 Å². The molecule has 0 bridgehead atoms. The first-order chi connectivity index (χ1) is 8.55. The van der Waals surface area contributed by atoms with E-state index in [-0.39, 0.29) is 5.54 Å². The highest BCUT2D eigenvalue weighted by molar-refractivity contribution is 7.12. The molecular formula is C15H26N2S. The van der Waals surface area contributed by atoms with Gasteiger partial charge in [0.1, 0.15) is 0 Å². The van der Waals surface area contributed by atoms with Crippen LogP contribution in [0.3, 0.4) is 0 Å². The fraction of sp³-hybridized carbons (Fsp3) is 0.733. The van der Waals surface area contributed by atoms with E-state index in [1.165, 1.54) is 42.1 Å². The lowest BCUT2D eigenvalue weighted by molar-refractivity contribution is 0.0643. The van der Waals surface area contributed by atoms with Crippen molar-refractivity contribution in [3.63, 3.8) is 0 Å². The average molecular weight is 266 g/mol. The van der Waals surface area contributed by atoms with Crippen molar-refractivity contribution in [2.24, 2.45) is 0 Å². The second-order valence-corrected chi connectivity index (χ2v) is 7.19. The van der Waals surface area contributed by atoms with Gasteiger partial charge in [0, 0.05) is 15.3 Å². The first-order valence-corrected chi connectivity index (χ1v) is 7.86. The van der Waals surface area contributed by atoms with Gasteiger partial charge in [-0.15, -0.1) is 11.3 Å². The molecule has 1 aromatic heterocycles. The number of likely N-dealkylation sites (tertiary alicyclic amines) is 1. The van der Waals surface area contributed by atoms with Gasteiger partial charge in [-0.05, 0) is 65.9 Å². The third kappa shape index (κ3) is 2.79. The summed E-state index contributed by atoms with van der Waals surface area (Å²) >= 11 is 1.92. The first-order valence-electron chi connectivity index (χ1n) is 7.04. The van der Waals surface area contributed by atoms with E-state index in [9.17, 15) is 0 Å². The van der Waals surface area contributed by atoms with E-state index < -0.39 is 0 Å². The number of hydrogen-bond acceptors (Lipinski definition) is 3. The van der Waals surface area contributed by atoms with Gasteiger partial charge in [-0.1, -0.05) is 6.42 Å². The third-order valence-corrected chi connectivity index (χ3v) is 5.28. The lowest BCUT2D eigenvalue weighted by Crippen LogP contribution is -2.53. The number of rotatable bonds is 4. The Hall–Kier alpha value is -0.380. The zero-order valence-electron chi connectivity index (χ0n) is 12.1. The van der Waals surface area contributed by atoms with Gasteiger partial charge in [0.05, 0.1) is 6.04 Å². The van der Waals surface area contributed by atoms with Gasteiger partial charge < -0.3 is 5.32 Å². The van der Waals surface area contributed by atoms with Crippen LogP contribution in [-0.2, 0) is 0 Å². The maximum atomic E-state index is 3.54. The summed E-state index contributed by atoms with van der Waals surface area (Å²) in [5, 5.41) is 3.54. The van der Waals surface area contributed by atoms with E-state index in [0.29, 0.717) is 6.04 Å². The summed E-state index contributed by atoms with van der Waals surface area (Å²) in [5.74, 6) is 0. The Morgan fingerprint density at radius 2 is 1.89 bits per heavy atom. The maximum Gasteiger partial charge on any atom is 0.0594 e. The summed E-state index contributed by atoms with van der Waals surface area (Å²) in [4.78, 5) is 5.53. The Balaban J connectivity index is 2.19.